The highest BCUT2D eigenvalue weighted by atomic mass is 16.5. The van der Waals surface area contributed by atoms with Gasteiger partial charge in [-0.05, 0) is 37.6 Å². The highest BCUT2D eigenvalue weighted by Crippen LogP contribution is 2.25. The highest BCUT2D eigenvalue weighted by Gasteiger charge is 2.20. The number of ether oxygens (including phenoxy) is 2. The van der Waals surface area contributed by atoms with Crippen LogP contribution >= 0.6 is 0 Å². The number of para-hydroxylation sites is 1. The Morgan fingerprint density at radius 3 is 2.46 bits per heavy atom. The van der Waals surface area contributed by atoms with Crippen molar-refractivity contribution in [1.82, 2.24) is 4.90 Å². The van der Waals surface area contributed by atoms with Crippen molar-refractivity contribution in [1.29, 1.82) is 0 Å². The summed E-state index contributed by atoms with van der Waals surface area (Å²) in [4.78, 5) is 26.1. The lowest BCUT2D eigenvalue weighted by Gasteiger charge is -2.17. The zero-order valence-electron chi connectivity index (χ0n) is 16.2. The van der Waals surface area contributed by atoms with Gasteiger partial charge < -0.3 is 18.8 Å². The molecule has 2 aromatic carbocycles. The van der Waals surface area contributed by atoms with Crippen molar-refractivity contribution in [3.8, 4) is 5.75 Å². The van der Waals surface area contributed by atoms with E-state index >= 15 is 0 Å². The van der Waals surface area contributed by atoms with Gasteiger partial charge in [-0.25, -0.2) is 4.79 Å². The fourth-order valence-corrected chi connectivity index (χ4v) is 2.89. The number of likely N-dealkylation sites (N-methyl/N-ethyl adjacent to an activating group) is 1. The Bertz CT molecular complexity index is 974. The molecule has 28 heavy (non-hydrogen) atoms. The van der Waals surface area contributed by atoms with Crippen molar-refractivity contribution >= 4 is 22.8 Å². The van der Waals surface area contributed by atoms with Crippen LogP contribution in [0.25, 0.3) is 11.0 Å². The van der Waals surface area contributed by atoms with E-state index in [0.717, 1.165) is 16.7 Å². The number of esters is 1. The number of benzene rings is 2. The van der Waals surface area contributed by atoms with E-state index in [4.69, 9.17) is 13.9 Å². The molecule has 0 saturated carbocycles. The van der Waals surface area contributed by atoms with Crippen LogP contribution in [-0.4, -0.2) is 37.0 Å². The molecule has 0 radical (unpaired) electrons. The Morgan fingerprint density at radius 1 is 1.07 bits per heavy atom. The van der Waals surface area contributed by atoms with Gasteiger partial charge in [0.15, 0.2) is 6.61 Å². The second kappa shape index (κ2) is 8.61. The summed E-state index contributed by atoms with van der Waals surface area (Å²) in [6.45, 7) is 4.39. The number of furan rings is 1. The first-order valence-corrected chi connectivity index (χ1v) is 9.10. The van der Waals surface area contributed by atoms with Crippen molar-refractivity contribution < 1.29 is 23.5 Å². The summed E-state index contributed by atoms with van der Waals surface area (Å²) in [5, 5.41) is 0.855. The van der Waals surface area contributed by atoms with Gasteiger partial charge in [0.1, 0.15) is 11.3 Å². The molecule has 0 atom stereocenters. The molecule has 0 bridgehead atoms. The molecule has 0 unspecified atom stereocenters. The van der Waals surface area contributed by atoms with Crippen LogP contribution in [0.4, 0.5) is 0 Å². The van der Waals surface area contributed by atoms with Crippen LogP contribution in [0.2, 0.25) is 0 Å². The monoisotopic (exact) mass is 381 g/mol. The topological polar surface area (TPSA) is 69.0 Å². The third-order valence-corrected chi connectivity index (χ3v) is 4.44. The minimum absolute atomic E-state index is 0.128. The molecule has 3 rings (SSSR count). The summed E-state index contributed by atoms with van der Waals surface area (Å²) in [5.41, 5.74) is 2.28. The predicted octanol–water partition coefficient (Wildman–Crippen LogP) is 3.96. The molecule has 0 aliphatic heterocycles. The minimum atomic E-state index is -0.642. The van der Waals surface area contributed by atoms with E-state index in [2.05, 4.69) is 0 Å². The van der Waals surface area contributed by atoms with Gasteiger partial charge in [0.25, 0.3) is 5.91 Å². The molecule has 146 valence electrons. The molecule has 1 heterocycles. The standard InChI is InChI=1S/C22H23NO5/c1-4-26-17-11-9-16(10-12-17)13-23(3)20(24)14-27-22(25)21-15(2)18-7-5-6-8-19(18)28-21/h5-12H,4,13-14H2,1-3H3. The minimum Gasteiger partial charge on any atom is -0.494 e. The summed E-state index contributed by atoms with van der Waals surface area (Å²) in [7, 11) is 1.67. The van der Waals surface area contributed by atoms with Crippen LogP contribution in [-0.2, 0) is 16.1 Å². The fourth-order valence-electron chi connectivity index (χ4n) is 2.89. The molecular weight excluding hydrogens is 358 g/mol. The number of carbonyl (C=O) groups is 2. The predicted molar refractivity (Wildman–Crippen MR) is 105 cm³/mol. The summed E-state index contributed by atoms with van der Waals surface area (Å²) >= 11 is 0. The van der Waals surface area contributed by atoms with Crippen LogP contribution in [0.3, 0.4) is 0 Å². The SMILES string of the molecule is CCOc1ccc(CN(C)C(=O)COC(=O)c2oc3ccccc3c2C)cc1. The lowest BCUT2D eigenvalue weighted by atomic mass is 10.1. The summed E-state index contributed by atoms with van der Waals surface area (Å²) in [6.07, 6.45) is 0. The largest absolute Gasteiger partial charge is 0.494 e. The Kier molecular flexibility index (Phi) is 5.99. The first kappa shape index (κ1) is 19.5. The Morgan fingerprint density at radius 2 is 1.79 bits per heavy atom. The summed E-state index contributed by atoms with van der Waals surface area (Å²) in [6, 6.07) is 14.9. The number of hydrogen-bond acceptors (Lipinski definition) is 5. The molecule has 0 spiro atoms. The molecule has 6 nitrogen and oxygen atoms in total. The average Bonchev–Trinajstić information content (AvgIpc) is 3.04. The van der Waals surface area contributed by atoms with Crippen LogP contribution < -0.4 is 4.74 Å². The molecule has 0 fully saturated rings. The van der Waals surface area contributed by atoms with E-state index in [0.29, 0.717) is 24.3 Å². The molecule has 0 aliphatic carbocycles. The van der Waals surface area contributed by atoms with E-state index in [1.807, 2.05) is 49.4 Å². The maximum Gasteiger partial charge on any atom is 0.375 e. The fraction of sp³-hybridized carbons (Fsp3) is 0.273. The van der Waals surface area contributed by atoms with Gasteiger partial charge >= 0.3 is 5.97 Å². The van der Waals surface area contributed by atoms with E-state index in [-0.39, 0.29) is 18.3 Å². The third-order valence-electron chi connectivity index (χ3n) is 4.44. The number of aryl methyl sites for hydroxylation is 1. The van der Waals surface area contributed by atoms with Gasteiger partial charge in [-0.15, -0.1) is 0 Å². The highest BCUT2D eigenvalue weighted by molar-refractivity contribution is 5.96. The second-order valence-corrected chi connectivity index (χ2v) is 6.46. The number of hydrogen-bond donors (Lipinski definition) is 0. The molecular formula is C22H23NO5. The van der Waals surface area contributed by atoms with Crippen molar-refractivity contribution in [2.75, 3.05) is 20.3 Å². The van der Waals surface area contributed by atoms with Crippen molar-refractivity contribution in [3.05, 3.63) is 65.4 Å². The first-order chi connectivity index (χ1) is 13.5. The summed E-state index contributed by atoms with van der Waals surface area (Å²) in [5.74, 6) is -0.0222. The van der Waals surface area contributed by atoms with Gasteiger partial charge in [-0.1, -0.05) is 30.3 Å². The van der Waals surface area contributed by atoms with Gasteiger partial charge in [0.2, 0.25) is 5.76 Å². The van der Waals surface area contributed by atoms with Crippen LogP contribution in [0.1, 0.15) is 28.6 Å². The smallest absolute Gasteiger partial charge is 0.375 e. The number of fused-ring (bicyclic) bond motifs is 1. The Labute approximate surface area is 163 Å². The van der Waals surface area contributed by atoms with Gasteiger partial charge in [0.05, 0.1) is 6.61 Å². The maximum atomic E-state index is 12.3. The number of carbonyl (C=O) groups excluding carboxylic acids is 2. The molecule has 0 saturated heterocycles. The van der Waals surface area contributed by atoms with Crippen LogP contribution in [0.15, 0.2) is 52.9 Å². The number of rotatable bonds is 7. The van der Waals surface area contributed by atoms with E-state index in [1.165, 1.54) is 4.90 Å². The molecule has 0 aliphatic rings. The zero-order chi connectivity index (χ0) is 20.1. The lowest BCUT2D eigenvalue weighted by Crippen LogP contribution is -2.30. The second-order valence-electron chi connectivity index (χ2n) is 6.46. The van der Waals surface area contributed by atoms with Crippen LogP contribution in [0, 0.1) is 6.92 Å². The first-order valence-electron chi connectivity index (χ1n) is 9.10. The molecule has 3 aromatic rings. The van der Waals surface area contributed by atoms with Gasteiger partial charge in [-0.2, -0.15) is 0 Å². The average molecular weight is 381 g/mol. The number of amides is 1. The Balaban J connectivity index is 1.56. The van der Waals surface area contributed by atoms with Crippen molar-refractivity contribution in [2.45, 2.75) is 20.4 Å². The number of nitrogens with zero attached hydrogens (tertiary/aromatic N) is 1. The molecule has 1 amide bonds. The van der Waals surface area contributed by atoms with E-state index < -0.39 is 5.97 Å². The lowest BCUT2D eigenvalue weighted by molar-refractivity contribution is -0.133. The van der Waals surface area contributed by atoms with E-state index in [9.17, 15) is 9.59 Å². The molecule has 0 N–H and O–H groups in total. The van der Waals surface area contributed by atoms with Crippen molar-refractivity contribution in [3.63, 3.8) is 0 Å². The van der Waals surface area contributed by atoms with Crippen LogP contribution in [0.5, 0.6) is 5.75 Å². The van der Waals surface area contributed by atoms with Crippen molar-refractivity contribution in [2.24, 2.45) is 0 Å². The van der Waals surface area contributed by atoms with Gasteiger partial charge in [0, 0.05) is 24.5 Å². The zero-order valence-corrected chi connectivity index (χ0v) is 16.2. The normalized spacial score (nSPS) is 10.7. The quantitative estimate of drug-likeness (QED) is 0.580. The van der Waals surface area contributed by atoms with Gasteiger partial charge in [-0.3, -0.25) is 4.79 Å². The molecule has 6 heteroatoms. The Hall–Kier alpha value is -3.28. The third kappa shape index (κ3) is 4.34. The van der Waals surface area contributed by atoms with E-state index in [1.54, 1.807) is 20.0 Å². The molecule has 1 aromatic heterocycles. The maximum absolute atomic E-state index is 12.3. The summed E-state index contributed by atoms with van der Waals surface area (Å²) < 4.78 is 16.1.